The fourth-order valence-electron chi connectivity index (χ4n) is 1.39. The fraction of sp³-hybridized carbons (Fsp3) is 0.222. The molecule has 0 aliphatic rings. The molecule has 68 valence electrons. The molecule has 2 aromatic rings. The van der Waals surface area contributed by atoms with E-state index in [0.717, 1.165) is 11.0 Å². The maximum absolute atomic E-state index is 8.80. The third kappa shape index (κ3) is 1.54. The number of aromatic nitrogens is 2. The Morgan fingerprint density at radius 2 is 2.08 bits per heavy atom. The number of hydrogen-bond donors (Lipinski definition) is 3. The van der Waals surface area contributed by atoms with E-state index in [1.807, 2.05) is 24.3 Å². The highest BCUT2D eigenvalue weighted by Gasteiger charge is 2.10. The maximum Gasteiger partial charge on any atom is 0.242 e. The second-order valence-corrected chi connectivity index (χ2v) is 2.92. The van der Waals surface area contributed by atoms with Crippen molar-refractivity contribution in [3.05, 3.63) is 30.6 Å². The highest BCUT2D eigenvalue weighted by molar-refractivity contribution is 5.70. The van der Waals surface area contributed by atoms with Crippen molar-refractivity contribution in [2.24, 2.45) is 0 Å². The summed E-state index contributed by atoms with van der Waals surface area (Å²) < 4.78 is 1.76. The lowest BCUT2D eigenvalue weighted by Crippen LogP contribution is -2.38. The molecule has 0 aliphatic carbocycles. The number of nitrogens with one attached hydrogen (secondary N) is 1. The van der Waals surface area contributed by atoms with Gasteiger partial charge in [0.25, 0.3) is 0 Å². The van der Waals surface area contributed by atoms with Gasteiger partial charge in [-0.1, -0.05) is 12.1 Å². The molecular weight excluding hydrogens is 168 g/mol. The Morgan fingerprint density at radius 1 is 1.31 bits per heavy atom. The Kier molecular flexibility index (Phi) is 2.00. The molecule has 4 nitrogen and oxygen atoms in total. The second kappa shape index (κ2) is 3.16. The van der Waals surface area contributed by atoms with Crippen LogP contribution in [0.15, 0.2) is 30.6 Å². The molecule has 0 saturated heterocycles. The van der Waals surface area contributed by atoms with Crippen molar-refractivity contribution in [1.82, 2.24) is 4.98 Å². The summed E-state index contributed by atoms with van der Waals surface area (Å²) in [6.07, 6.45) is 0.411. The number of imidazole rings is 1. The van der Waals surface area contributed by atoms with Crippen LogP contribution >= 0.6 is 0 Å². The van der Waals surface area contributed by atoms with E-state index in [1.165, 1.54) is 0 Å². The van der Waals surface area contributed by atoms with Gasteiger partial charge in [0, 0.05) is 0 Å². The molecule has 0 unspecified atom stereocenters. The van der Waals surface area contributed by atoms with E-state index in [4.69, 9.17) is 10.2 Å². The van der Waals surface area contributed by atoms with Crippen LogP contribution in [0.1, 0.15) is 0 Å². The van der Waals surface area contributed by atoms with Gasteiger partial charge in [-0.3, -0.25) is 0 Å². The van der Waals surface area contributed by atoms with Crippen LogP contribution in [-0.4, -0.2) is 21.5 Å². The number of fused-ring (bicyclic) bond motifs is 1. The Labute approximate surface area is 75.1 Å². The highest BCUT2D eigenvalue weighted by atomic mass is 16.5. The molecule has 13 heavy (non-hydrogen) atoms. The third-order valence-electron chi connectivity index (χ3n) is 1.95. The van der Waals surface area contributed by atoms with Gasteiger partial charge < -0.3 is 10.2 Å². The fourth-order valence-corrected chi connectivity index (χ4v) is 1.39. The molecule has 2 rings (SSSR count). The van der Waals surface area contributed by atoms with E-state index in [0.29, 0.717) is 0 Å². The van der Waals surface area contributed by atoms with Crippen molar-refractivity contribution in [3.8, 4) is 0 Å². The lowest BCUT2D eigenvalue weighted by atomic mass is 10.3. The monoisotopic (exact) mass is 179 g/mol. The lowest BCUT2D eigenvalue weighted by Gasteiger charge is -1.98. The van der Waals surface area contributed by atoms with Crippen LogP contribution < -0.4 is 4.57 Å². The number of para-hydroxylation sites is 2. The quantitative estimate of drug-likeness (QED) is 0.440. The zero-order chi connectivity index (χ0) is 9.26. The molecule has 0 amide bonds. The highest BCUT2D eigenvalue weighted by Crippen LogP contribution is 2.05. The number of aliphatic hydroxyl groups is 2. The second-order valence-electron chi connectivity index (χ2n) is 2.92. The van der Waals surface area contributed by atoms with Crippen LogP contribution in [0.5, 0.6) is 0 Å². The summed E-state index contributed by atoms with van der Waals surface area (Å²) in [4.78, 5) is 3.03. The minimum Gasteiger partial charge on any atom is -0.365 e. The van der Waals surface area contributed by atoms with Gasteiger partial charge in [-0.15, -0.1) is 0 Å². The summed E-state index contributed by atoms with van der Waals surface area (Å²) in [6.45, 7) is 0.185. The predicted octanol–water partition coefficient (Wildman–Crippen LogP) is -0.234. The van der Waals surface area contributed by atoms with Gasteiger partial charge in [0.05, 0.1) is 0 Å². The molecular formula is C9H11N2O2+. The molecule has 0 radical (unpaired) electrons. The first-order valence-electron chi connectivity index (χ1n) is 4.09. The molecule has 0 fully saturated rings. The summed E-state index contributed by atoms with van der Waals surface area (Å²) in [5.41, 5.74) is 1.96. The molecule has 0 bridgehead atoms. The first-order valence-corrected chi connectivity index (χ1v) is 4.09. The van der Waals surface area contributed by atoms with Crippen LogP contribution in [0.4, 0.5) is 0 Å². The average Bonchev–Trinajstić information content (AvgIpc) is 2.48. The first kappa shape index (κ1) is 8.22. The van der Waals surface area contributed by atoms with E-state index < -0.39 is 6.29 Å². The molecule has 1 aromatic carbocycles. The number of benzene rings is 1. The average molecular weight is 179 g/mol. The lowest BCUT2D eigenvalue weighted by molar-refractivity contribution is -0.685. The van der Waals surface area contributed by atoms with Crippen LogP contribution in [0, 0.1) is 0 Å². The molecule has 0 atom stereocenters. The summed E-state index contributed by atoms with van der Waals surface area (Å²) in [5.74, 6) is 0. The van der Waals surface area contributed by atoms with Gasteiger partial charge in [-0.2, -0.15) is 0 Å². The largest absolute Gasteiger partial charge is 0.365 e. The van der Waals surface area contributed by atoms with Crippen molar-refractivity contribution in [2.75, 3.05) is 0 Å². The first-order chi connectivity index (χ1) is 6.27. The van der Waals surface area contributed by atoms with Gasteiger partial charge in [0.1, 0.15) is 6.54 Å². The molecule has 0 spiro atoms. The van der Waals surface area contributed by atoms with Crippen LogP contribution in [0.3, 0.4) is 0 Å². The standard InChI is InChI=1S/C9H10N2O2/c12-9(13)5-11-6-10-7-3-1-2-4-8(7)11/h1-4,6,9,12-13H,5H2/p+1. The van der Waals surface area contributed by atoms with Crippen molar-refractivity contribution >= 4 is 11.0 Å². The zero-order valence-corrected chi connectivity index (χ0v) is 7.01. The number of aromatic amines is 1. The smallest absolute Gasteiger partial charge is 0.242 e. The summed E-state index contributed by atoms with van der Waals surface area (Å²) in [6, 6.07) is 7.71. The Balaban J connectivity index is 2.46. The van der Waals surface area contributed by atoms with Gasteiger partial charge in [0.2, 0.25) is 6.33 Å². The van der Waals surface area contributed by atoms with Crippen molar-refractivity contribution in [3.63, 3.8) is 0 Å². The minimum atomic E-state index is -1.32. The molecule has 0 saturated carbocycles. The van der Waals surface area contributed by atoms with E-state index in [2.05, 4.69) is 4.98 Å². The number of aliphatic hydroxyl groups excluding tert-OH is 1. The van der Waals surface area contributed by atoms with Gasteiger partial charge >= 0.3 is 0 Å². The Morgan fingerprint density at radius 3 is 2.85 bits per heavy atom. The molecule has 3 N–H and O–H groups in total. The minimum absolute atomic E-state index is 0.185. The number of hydrogen-bond acceptors (Lipinski definition) is 2. The number of H-pyrrole nitrogens is 1. The predicted molar refractivity (Wildman–Crippen MR) is 46.7 cm³/mol. The Hall–Kier alpha value is -1.39. The van der Waals surface area contributed by atoms with E-state index in [-0.39, 0.29) is 6.54 Å². The van der Waals surface area contributed by atoms with E-state index in [9.17, 15) is 0 Å². The van der Waals surface area contributed by atoms with Crippen molar-refractivity contribution in [1.29, 1.82) is 0 Å². The van der Waals surface area contributed by atoms with Gasteiger partial charge in [0.15, 0.2) is 17.3 Å². The van der Waals surface area contributed by atoms with Crippen LogP contribution in [-0.2, 0) is 6.54 Å². The third-order valence-corrected chi connectivity index (χ3v) is 1.95. The molecule has 1 aromatic heterocycles. The van der Waals surface area contributed by atoms with E-state index >= 15 is 0 Å². The van der Waals surface area contributed by atoms with Crippen molar-refractivity contribution in [2.45, 2.75) is 12.8 Å². The van der Waals surface area contributed by atoms with Crippen LogP contribution in [0.2, 0.25) is 0 Å². The normalized spacial score (nSPS) is 11.3. The van der Waals surface area contributed by atoms with E-state index in [1.54, 1.807) is 10.9 Å². The SMILES string of the molecule is OC(O)C[n+]1c[nH]c2ccccc21. The molecule has 0 aliphatic heterocycles. The zero-order valence-electron chi connectivity index (χ0n) is 7.01. The van der Waals surface area contributed by atoms with Gasteiger partial charge in [-0.25, -0.2) is 9.55 Å². The van der Waals surface area contributed by atoms with Crippen LogP contribution in [0.25, 0.3) is 11.0 Å². The molecule has 1 heterocycles. The summed E-state index contributed by atoms with van der Waals surface area (Å²) in [7, 11) is 0. The maximum atomic E-state index is 8.80. The summed E-state index contributed by atoms with van der Waals surface area (Å²) >= 11 is 0. The topological polar surface area (TPSA) is 60.1 Å². The number of rotatable bonds is 2. The van der Waals surface area contributed by atoms with Crippen molar-refractivity contribution < 1.29 is 14.8 Å². The Bertz CT molecular complexity index is 409. The molecule has 4 heteroatoms. The summed E-state index contributed by atoms with van der Waals surface area (Å²) in [5, 5.41) is 17.6. The number of nitrogens with zero attached hydrogens (tertiary/aromatic N) is 1. The van der Waals surface area contributed by atoms with Gasteiger partial charge in [-0.05, 0) is 12.1 Å².